The number of aromatic nitrogens is 1. The van der Waals surface area contributed by atoms with Crippen molar-refractivity contribution in [3.63, 3.8) is 0 Å². The number of carbonyl (C=O) groups is 2. The second-order valence-corrected chi connectivity index (χ2v) is 6.04. The molecule has 0 aromatic carbocycles. The van der Waals surface area contributed by atoms with E-state index in [0.29, 0.717) is 19.4 Å². The number of nitrogens with one attached hydrogen (secondary N) is 1. The molecule has 1 aromatic heterocycles. The third-order valence-corrected chi connectivity index (χ3v) is 4.83. The molecule has 0 unspecified atom stereocenters. The molecule has 0 radical (unpaired) electrons. The molecular formula is C16H22N4O2. The van der Waals surface area contributed by atoms with Gasteiger partial charge in [-0.2, -0.15) is 0 Å². The molecule has 3 amide bonds. The van der Waals surface area contributed by atoms with E-state index in [-0.39, 0.29) is 11.9 Å². The van der Waals surface area contributed by atoms with Crippen molar-refractivity contribution in [3.05, 3.63) is 30.1 Å². The minimum atomic E-state index is -0.612. The SMILES string of the molecule is CN1C(=O)N(CCCc2ccncc2)C(=O)C12CCNCC2. The first kappa shape index (κ1) is 15.0. The van der Waals surface area contributed by atoms with Gasteiger partial charge in [-0.05, 0) is 56.5 Å². The molecule has 2 aliphatic heterocycles. The Bertz CT molecular complexity index is 555. The average molecular weight is 302 g/mol. The Morgan fingerprint density at radius 3 is 2.59 bits per heavy atom. The fourth-order valence-corrected chi connectivity index (χ4v) is 3.42. The van der Waals surface area contributed by atoms with E-state index < -0.39 is 5.54 Å². The third-order valence-electron chi connectivity index (χ3n) is 4.83. The maximum atomic E-state index is 12.8. The number of carbonyl (C=O) groups excluding carboxylic acids is 2. The van der Waals surface area contributed by atoms with Crippen LogP contribution >= 0.6 is 0 Å². The van der Waals surface area contributed by atoms with Gasteiger partial charge in [-0.3, -0.25) is 14.7 Å². The Morgan fingerprint density at radius 1 is 1.23 bits per heavy atom. The maximum absolute atomic E-state index is 12.8. The fraction of sp³-hybridized carbons (Fsp3) is 0.562. The van der Waals surface area contributed by atoms with Gasteiger partial charge in [0.05, 0.1) is 0 Å². The van der Waals surface area contributed by atoms with Crippen LogP contribution in [0.3, 0.4) is 0 Å². The summed E-state index contributed by atoms with van der Waals surface area (Å²) in [6, 6.07) is 3.78. The van der Waals surface area contributed by atoms with Crippen molar-refractivity contribution >= 4 is 11.9 Å². The number of amides is 3. The molecule has 2 aliphatic rings. The highest BCUT2D eigenvalue weighted by Crippen LogP contribution is 2.34. The van der Waals surface area contributed by atoms with Gasteiger partial charge in [0.25, 0.3) is 5.91 Å². The zero-order valence-corrected chi connectivity index (χ0v) is 12.9. The molecule has 0 bridgehead atoms. The number of rotatable bonds is 4. The van der Waals surface area contributed by atoms with Crippen LogP contribution in [0.2, 0.25) is 0 Å². The zero-order valence-electron chi connectivity index (χ0n) is 12.9. The number of piperidine rings is 1. The first-order valence-electron chi connectivity index (χ1n) is 7.84. The van der Waals surface area contributed by atoms with E-state index in [2.05, 4.69) is 10.3 Å². The number of likely N-dealkylation sites (N-methyl/N-ethyl adjacent to an activating group) is 1. The fourth-order valence-electron chi connectivity index (χ4n) is 3.42. The molecule has 118 valence electrons. The molecule has 2 saturated heterocycles. The van der Waals surface area contributed by atoms with Crippen LogP contribution in [0.4, 0.5) is 4.79 Å². The third kappa shape index (κ3) is 2.47. The molecule has 1 aromatic rings. The van der Waals surface area contributed by atoms with E-state index in [1.807, 2.05) is 12.1 Å². The number of hydrogen-bond acceptors (Lipinski definition) is 4. The summed E-state index contributed by atoms with van der Waals surface area (Å²) in [6.07, 6.45) is 6.56. The second kappa shape index (κ2) is 6.04. The van der Waals surface area contributed by atoms with Crippen molar-refractivity contribution in [1.82, 2.24) is 20.1 Å². The van der Waals surface area contributed by atoms with Gasteiger partial charge in [0, 0.05) is 26.0 Å². The van der Waals surface area contributed by atoms with Gasteiger partial charge in [0.1, 0.15) is 5.54 Å². The zero-order chi connectivity index (χ0) is 15.6. The minimum Gasteiger partial charge on any atom is -0.317 e. The summed E-state index contributed by atoms with van der Waals surface area (Å²) in [5.74, 6) is -0.0174. The van der Waals surface area contributed by atoms with Crippen molar-refractivity contribution in [1.29, 1.82) is 0 Å². The molecule has 2 fully saturated rings. The Morgan fingerprint density at radius 2 is 1.91 bits per heavy atom. The molecule has 3 rings (SSSR count). The highest BCUT2D eigenvalue weighted by molar-refractivity contribution is 6.07. The van der Waals surface area contributed by atoms with Gasteiger partial charge in [-0.25, -0.2) is 4.79 Å². The van der Waals surface area contributed by atoms with Crippen LogP contribution in [0.15, 0.2) is 24.5 Å². The Labute approximate surface area is 130 Å². The lowest BCUT2D eigenvalue weighted by Gasteiger charge is -2.36. The van der Waals surface area contributed by atoms with Gasteiger partial charge in [0.15, 0.2) is 0 Å². The minimum absolute atomic E-state index is 0.0174. The number of hydrogen-bond donors (Lipinski definition) is 1. The lowest BCUT2D eigenvalue weighted by Crippen LogP contribution is -2.54. The van der Waals surface area contributed by atoms with Crippen LogP contribution in [0.25, 0.3) is 0 Å². The van der Waals surface area contributed by atoms with Crippen molar-refractivity contribution in [3.8, 4) is 0 Å². The summed E-state index contributed by atoms with van der Waals surface area (Å²) in [5, 5.41) is 3.26. The number of aryl methyl sites for hydroxylation is 1. The molecule has 6 nitrogen and oxygen atoms in total. The van der Waals surface area contributed by atoms with Crippen LogP contribution < -0.4 is 5.32 Å². The van der Waals surface area contributed by atoms with E-state index >= 15 is 0 Å². The van der Waals surface area contributed by atoms with Crippen molar-refractivity contribution in [2.45, 2.75) is 31.2 Å². The molecule has 0 aliphatic carbocycles. The highest BCUT2D eigenvalue weighted by atomic mass is 16.2. The molecule has 22 heavy (non-hydrogen) atoms. The summed E-state index contributed by atoms with van der Waals surface area (Å²) >= 11 is 0. The van der Waals surface area contributed by atoms with Crippen LogP contribution in [-0.4, -0.2) is 58.9 Å². The number of pyridine rings is 1. The lowest BCUT2D eigenvalue weighted by molar-refractivity contribution is -0.134. The standard InChI is InChI=1S/C16H22N4O2/c1-19-15(22)20(12-2-3-13-4-8-17-9-5-13)14(21)16(19)6-10-18-11-7-16/h4-5,8-9,18H,2-3,6-7,10-12H2,1H3. The number of urea groups is 1. The Kier molecular flexibility index (Phi) is 4.11. The molecule has 1 spiro atoms. The van der Waals surface area contributed by atoms with Gasteiger partial charge < -0.3 is 10.2 Å². The van der Waals surface area contributed by atoms with Crippen molar-refractivity contribution in [2.24, 2.45) is 0 Å². The molecule has 3 heterocycles. The summed E-state index contributed by atoms with van der Waals surface area (Å²) in [4.78, 5) is 32.3. The number of imide groups is 1. The summed E-state index contributed by atoms with van der Waals surface area (Å²) in [5.41, 5.74) is 0.568. The molecular weight excluding hydrogens is 280 g/mol. The van der Waals surface area contributed by atoms with Crippen LogP contribution in [0, 0.1) is 0 Å². The van der Waals surface area contributed by atoms with Gasteiger partial charge in [0.2, 0.25) is 0 Å². The maximum Gasteiger partial charge on any atom is 0.327 e. The smallest absolute Gasteiger partial charge is 0.317 e. The molecule has 1 N–H and O–H groups in total. The highest BCUT2D eigenvalue weighted by Gasteiger charge is 2.55. The topological polar surface area (TPSA) is 65.5 Å². The first-order chi connectivity index (χ1) is 10.6. The first-order valence-corrected chi connectivity index (χ1v) is 7.84. The lowest BCUT2D eigenvalue weighted by atomic mass is 9.87. The van der Waals surface area contributed by atoms with E-state index in [0.717, 1.165) is 25.9 Å². The Hall–Kier alpha value is -1.95. The van der Waals surface area contributed by atoms with E-state index in [1.54, 1.807) is 24.3 Å². The van der Waals surface area contributed by atoms with Gasteiger partial charge >= 0.3 is 6.03 Å². The molecule has 0 saturated carbocycles. The summed E-state index contributed by atoms with van der Waals surface area (Å²) in [7, 11) is 1.76. The average Bonchev–Trinajstić information content (AvgIpc) is 2.73. The number of nitrogens with zero attached hydrogens (tertiary/aromatic N) is 3. The van der Waals surface area contributed by atoms with E-state index in [9.17, 15) is 9.59 Å². The van der Waals surface area contributed by atoms with Crippen LogP contribution in [-0.2, 0) is 11.2 Å². The van der Waals surface area contributed by atoms with E-state index in [1.165, 1.54) is 10.5 Å². The molecule has 0 atom stereocenters. The predicted molar refractivity (Wildman–Crippen MR) is 82.3 cm³/mol. The molecule has 6 heteroatoms. The van der Waals surface area contributed by atoms with Crippen molar-refractivity contribution in [2.75, 3.05) is 26.7 Å². The summed E-state index contributed by atoms with van der Waals surface area (Å²) in [6.45, 7) is 2.06. The van der Waals surface area contributed by atoms with Crippen molar-refractivity contribution < 1.29 is 9.59 Å². The monoisotopic (exact) mass is 302 g/mol. The predicted octanol–water partition coefficient (Wildman–Crippen LogP) is 1.03. The van der Waals surface area contributed by atoms with Crippen LogP contribution in [0.5, 0.6) is 0 Å². The second-order valence-electron chi connectivity index (χ2n) is 6.04. The quantitative estimate of drug-likeness (QED) is 0.844. The van der Waals surface area contributed by atoms with Crippen LogP contribution in [0.1, 0.15) is 24.8 Å². The Balaban J connectivity index is 1.64. The summed E-state index contributed by atoms with van der Waals surface area (Å²) < 4.78 is 0. The normalized spacial score (nSPS) is 21.0. The largest absolute Gasteiger partial charge is 0.327 e. The van der Waals surface area contributed by atoms with E-state index in [4.69, 9.17) is 0 Å². The van der Waals surface area contributed by atoms with Gasteiger partial charge in [-0.15, -0.1) is 0 Å². The van der Waals surface area contributed by atoms with Gasteiger partial charge in [-0.1, -0.05) is 0 Å².